The van der Waals surface area contributed by atoms with Gasteiger partial charge in [-0.25, -0.2) is 9.59 Å². The SMILES string of the molecule is CCCCCC=CC(C)CC(OC(=O)c1ccccc1)C(CCCC)(CCCC)C(C)OC(=O)c1ccccc1. The second-order valence-electron chi connectivity index (χ2n) is 11.3. The van der Waals surface area contributed by atoms with Crippen LogP contribution in [0.25, 0.3) is 0 Å². The van der Waals surface area contributed by atoms with E-state index < -0.39 is 17.6 Å². The Morgan fingerprint density at radius 2 is 1.23 bits per heavy atom. The van der Waals surface area contributed by atoms with Crippen LogP contribution in [0.15, 0.2) is 72.8 Å². The Hall–Kier alpha value is -2.88. The van der Waals surface area contributed by atoms with Gasteiger partial charge in [-0.2, -0.15) is 0 Å². The highest BCUT2D eigenvalue weighted by Crippen LogP contribution is 2.44. The van der Waals surface area contributed by atoms with Gasteiger partial charge in [-0.05, 0) is 69.2 Å². The van der Waals surface area contributed by atoms with Gasteiger partial charge in [-0.1, -0.05) is 115 Å². The molecule has 2 aromatic carbocycles. The minimum absolute atomic E-state index is 0.217. The first-order chi connectivity index (χ1) is 19.4. The molecular formula is C36H52O4. The van der Waals surface area contributed by atoms with Gasteiger partial charge in [-0.3, -0.25) is 0 Å². The Labute approximate surface area is 243 Å². The highest BCUT2D eigenvalue weighted by Gasteiger charge is 2.47. The van der Waals surface area contributed by atoms with Crippen molar-refractivity contribution in [2.24, 2.45) is 11.3 Å². The van der Waals surface area contributed by atoms with E-state index in [1.807, 2.05) is 43.3 Å². The number of esters is 2. The number of ether oxygens (including phenoxy) is 2. The monoisotopic (exact) mass is 548 g/mol. The summed E-state index contributed by atoms with van der Waals surface area (Å²) >= 11 is 0. The summed E-state index contributed by atoms with van der Waals surface area (Å²) in [5.41, 5.74) is 0.588. The molecule has 3 unspecified atom stereocenters. The van der Waals surface area contributed by atoms with Crippen molar-refractivity contribution < 1.29 is 19.1 Å². The van der Waals surface area contributed by atoms with Crippen LogP contribution in [0.5, 0.6) is 0 Å². The van der Waals surface area contributed by atoms with Crippen molar-refractivity contribution >= 4 is 11.9 Å². The summed E-state index contributed by atoms with van der Waals surface area (Å²) in [6, 6.07) is 18.4. The zero-order valence-electron chi connectivity index (χ0n) is 25.6. The standard InChI is InChI=1S/C36H52O4/c1-6-9-12-13-16-21-29(4)28-33(40-35(38)32-24-19-15-20-25-32)36(26-10-7-2,27-11-8-3)30(5)39-34(37)31-22-17-14-18-23-31/h14-25,29-30,33H,6-13,26-28H2,1-5H3. The number of allylic oxidation sites excluding steroid dienone is 2. The van der Waals surface area contributed by atoms with Crippen LogP contribution in [-0.4, -0.2) is 24.1 Å². The highest BCUT2D eigenvalue weighted by atomic mass is 16.6. The molecule has 0 spiro atoms. The molecule has 40 heavy (non-hydrogen) atoms. The van der Waals surface area contributed by atoms with Crippen molar-refractivity contribution in [2.75, 3.05) is 0 Å². The third kappa shape index (κ3) is 10.6. The lowest BCUT2D eigenvalue weighted by molar-refractivity contribution is -0.0979. The Bertz CT molecular complexity index is 990. The van der Waals surface area contributed by atoms with E-state index in [1.54, 1.807) is 24.3 Å². The molecule has 2 aromatic rings. The molecule has 0 saturated carbocycles. The van der Waals surface area contributed by atoms with E-state index in [4.69, 9.17) is 9.47 Å². The number of hydrogen-bond acceptors (Lipinski definition) is 4. The van der Waals surface area contributed by atoms with Crippen LogP contribution in [0.3, 0.4) is 0 Å². The first-order valence-electron chi connectivity index (χ1n) is 15.6. The Balaban J connectivity index is 2.46. The number of hydrogen-bond donors (Lipinski definition) is 0. The molecule has 220 valence electrons. The van der Waals surface area contributed by atoms with E-state index >= 15 is 0 Å². The Morgan fingerprint density at radius 3 is 1.73 bits per heavy atom. The first-order valence-corrected chi connectivity index (χ1v) is 15.6. The van der Waals surface area contributed by atoms with Crippen molar-refractivity contribution in [3.63, 3.8) is 0 Å². The van der Waals surface area contributed by atoms with Gasteiger partial charge in [0.25, 0.3) is 0 Å². The number of carbonyl (C=O) groups is 2. The molecule has 0 aliphatic rings. The summed E-state index contributed by atoms with van der Waals surface area (Å²) in [7, 11) is 0. The molecular weight excluding hydrogens is 496 g/mol. The third-order valence-electron chi connectivity index (χ3n) is 8.02. The van der Waals surface area contributed by atoms with Gasteiger partial charge in [0.1, 0.15) is 12.2 Å². The lowest BCUT2D eigenvalue weighted by Gasteiger charge is -2.45. The summed E-state index contributed by atoms with van der Waals surface area (Å²) in [6.07, 6.45) is 14.7. The van der Waals surface area contributed by atoms with Crippen LogP contribution in [0, 0.1) is 11.3 Å². The molecule has 0 fully saturated rings. The number of unbranched alkanes of at least 4 members (excludes halogenated alkanes) is 5. The zero-order chi connectivity index (χ0) is 29.2. The van der Waals surface area contributed by atoms with Crippen molar-refractivity contribution in [3.05, 3.63) is 83.9 Å². The average Bonchev–Trinajstić information content (AvgIpc) is 2.97. The maximum absolute atomic E-state index is 13.5. The first kappa shape index (κ1) is 33.3. The molecule has 4 nitrogen and oxygen atoms in total. The van der Waals surface area contributed by atoms with Crippen molar-refractivity contribution in [1.29, 1.82) is 0 Å². The van der Waals surface area contributed by atoms with Crippen molar-refractivity contribution in [1.82, 2.24) is 0 Å². The predicted molar refractivity (Wildman–Crippen MR) is 166 cm³/mol. The topological polar surface area (TPSA) is 52.6 Å². The smallest absolute Gasteiger partial charge is 0.338 e. The summed E-state index contributed by atoms with van der Waals surface area (Å²) in [4.78, 5) is 26.7. The fraction of sp³-hybridized carbons (Fsp3) is 0.556. The molecule has 0 aliphatic carbocycles. The van der Waals surface area contributed by atoms with Crippen LogP contribution in [-0.2, 0) is 9.47 Å². The quantitative estimate of drug-likeness (QED) is 0.0995. The zero-order valence-corrected chi connectivity index (χ0v) is 25.6. The Morgan fingerprint density at radius 1 is 0.725 bits per heavy atom. The van der Waals surface area contributed by atoms with Gasteiger partial charge >= 0.3 is 11.9 Å². The van der Waals surface area contributed by atoms with Crippen LogP contribution < -0.4 is 0 Å². The fourth-order valence-corrected chi connectivity index (χ4v) is 5.48. The summed E-state index contributed by atoms with van der Waals surface area (Å²) < 4.78 is 12.7. The second-order valence-corrected chi connectivity index (χ2v) is 11.3. The minimum atomic E-state index is -0.495. The predicted octanol–water partition coefficient (Wildman–Crippen LogP) is 9.99. The van der Waals surface area contributed by atoms with Gasteiger partial charge in [0.15, 0.2) is 0 Å². The van der Waals surface area contributed by atoms with Gasteiger partial charge in [0.2, 0.25) is 0 Å². The molecule has 2 rings (SSSR count). The molecule has 0 aliphatic heterocycles. The summed E-state index contributed by atoms with van der Waals surface area (Å²) in [5.74, 6) is -0.430. The van der Waals surface area contributed by atoms with Gasteiger partial charge < -0.3 is 9.47 Å². The second kappa shape index (κ2) is 18.5. The van der Waals surface area contributed by atoms with E-state index in [0.29, 0.717) is 17.5 Å². The fourth-order valence-electron chi connectivity index (χ4n) is 5.48. The average molecular weight is 549 g/mol. The molecule has 4 heteroatoms. The van der Waals surface area contributed by atoms with Crippen LogP contribution in [0.4, 0.5) is 0 Å². The maximum Gasteiger partial charge on any atom is 0.338 e. The van der Waals surface area contributed by atoms with Crippen molar-refractivity contribution in [2.45, 2.75) is 117 Å². The normalized spacial score (nSPS) is 14.0. The molecule has 0 aromatic heterocycles. The molecule has 0 saturated heterocycles. The number of carbonyl (C=O) groups excluding carboxylic acids is 2. The van der Waals surface area contributed by atoms with E-state index in [2.05, 4.69) is 39.8 Å². The van der Waals surface area contributed by atoms with E-state index in [-0.39, 0.29) is 17.9 Å². The molecule has 0 heterocycles. The van der Waals surface area contributed by atoms with Crippen molar-refractivity contribution in [3.8, 4) is 0 Å². The Kier molecular flexibility index (Phi) is 15.4. The lowest BCUT2D eigenvalue weighted by atomic mass is 9.67. The van der Waals surface area contributed by atoms with E-state index in [1.165, 1.54) is 19.3 Å². The number of benzene rings is 2. The largest absolute Gasteiger partial charge is 0.458 e. The molecule has 3 atom stereocenters. The third-order valence-corrected chi connectivity index (χ3v) is 8.02. The van der Waals surface area contributed by atoms with Gasteiger partial charge in [-0.15, -0.1) is 0 Å². The maximum atomic E-state index is 13.5. The lowest BCUT2D eigenvalue weighted by Crippen LogP contribution is -2.49. The van der Waals surface area contributed by atoms with E-state index in [0.717, 1.165) is 44.9 Å². The van der Waals surface area contributed by atoms with E-state index in [9.17, 15) is 9.59 Å². The molecule has 0 radical (unpaired) electrons. The van der Waals surface area contributed by atoms with Crippen LogP contribution in [0.2, 0.25) is 0 Å². The highest BCUT2D eigenvalue weighted by molar-refractivity contribution is 5.90. The molecule has 0 N–H and O–H groups in total. The molecule has 0 amide bonds. The van der Waals surface area contributed by atoms with Gasteiger partial charge in [0, 0.05) is 5.41 Å². The minimum Gasteiger partial charge on any atom is -0.458 e. The number of rotatable bonds is 19. The van der Waals surface area contributed by atoms with Crippen LogP contribution in [0.1, 0.15) is 126 Å². The molecule has 0 bridgehead atoms. The van der Waals surface area contributed by atoms with Gasteiger partial charge in [0.05, 0.1) is 11.1 Å². The summed E-state index contributed by atoms with van der Waals surface area (Å²) in [6.45, 7) is 10.8. The summed E-state index contributed by atoms with van der Waals surface area (Å²) in [5, 5.41) is 0. The van der Waals surface area contributed by atoms with Crippen LogP contribution >= 0.6 is 0 Å².